The first-order chi connectivity index (χ1) is 6.72. The fraction of sp³-hybridized carbons (Fsp3) is 0.364. The zero-order chi connectivity index (χ0) is 10.1. The van der Waals surface area contributed by atoms with E-state index in [1.54, 1.807) is 12.1 Å². The van der Waals surface area contributed by atoms with E-state index in [2.05, 4.69) is 5.16 Å². The van der Waals surface area contributed by atoms with Gasteiger partial charge in [-0.3, -0.25) is 0 Å². The van der Waals surface area contributed by atoms with Crippen molar-refractivity contribution in [2.75, 3.05) is 0 Å². The number of oxime groups is 1. The van der Waals surface area contributed by atoms with Crippen LogP contribution in [0.4, 0.5) is 4.39 Å². The second-order valence-electron chi connectivity index (χ2n) is 3.74. The van der Waals surface area contributed by atoms with Gasteiger partial charge in [0.05, 0.1) is 5.71 Å². The third-order valence-corrected chi connectivity index (χ3v) is 2.78. The summed E-state index contributed by atoms with van der Waals surface area (Å²) in [5.41, 5.74) is 1.89. The van der Waals surface area contributed by atoms with E-state index < -0.39 is 0 Å². The summed E-state index contributed by atoms with van der Waals surface area (Å²) in [6, 6.07) is 6.53. The molecule has 0 saturated heterocycles. The molecule has 1 aliphatic rings. The molecule has 0 aromatic heterocycles. The molecule has 0 aliphatic heterocycles. The monoisotopic (exact) mass is 193 g/mol. The van der Waals surface area contributed by atoms with Crippen molar-refractivity contribution in [3.63, 3.8) is 0 Å². The zero-order valence-corrected chi connectivity index (χ0v) is 7.94. The lowest BCUT2D eigenvalue weighted by Crippen LogP contribution is -1.96. The molecule has 0 amide bonds. The number of hydrogen-bond donors (Lipinski definition) is 1. The molecule has 1 N–H and O–H groups in total. The van der Waals surface area contributed by atoms with Crippen LogP contribution in [0.3, 0.4) is 0 Å². The second-order valence-corrected chi connectivity index (χ2v) is 3.74. The molecule has 0 bridgehead atoms. The van der Waals surface area contributed by atoms with E-state index in [-0.39, 0.29) is 5.82 Å². The van der Waals surface area contributed by atoms with Crippen molar-refractivity contribution in [3.05, 3.63) is 35.6 Å². The zero-order valence-electron chi connectivity index (χ0n) is 7.94. The molecule has 1 aromatic carbocycles. The van der Waals surface area contributed by atoms with Crippen molar-refractivity contribution in [2.45, 2.75) is 19.3 Å². The molecular weight excluding hydrogens is 181 g/mol. The van der Waals surface area contributed by atoms with Gasteiger partial charge in [0.15, 0.2) is 0 Å². The Morgan fingerprint density at radius 2 is 2.07 bits per heavy atom. The number of benzene rings is 1. The second kappa shape index (κ2) is 3.40. The molecule has 14 heavy (non-hydrogen) atoms. The molecule has 1 aliphatic carbocycles. The standard InChI is InChI=1S/C11H12FNO/c1-7(13-14)10-6-11(10)8-2-4-9(12)5-3-8/h2-5,10-11,14H,6H2,1H3/t10-,11-/m1/s1. The van der Waals surface area contributed by atoms with E-state index in [0.717, 1.165) is 17.7 Å². The summed E-state index contributed by atoms with van der Waals surface area (Å²) in [7, 11) is 0. The van der Waals surface area contributed by atoms with Gasteiger partial charge in [-0.1, -0.05) is 17.3 Å². The van der Waals surface area contributed by atoms with Gasteiger partial charge in [0.2, 0.25) is 0 Å². The van der Waals surface area contributed by atoms with Gasteiger partial charge < -0.3 is 5.21 Å². The molecule has 2 rings (SSSR count). The minimum atomic E-state index is -0.210. The highest BCUT2D eigenvalue weighted by atomic mass is 19.1. The van der Waals surface area contributed by atoms with Crippen LogP contribution in [0.1, 0.15) is 24.8 Å². The van der Waals surface area contributed by atoms with E-state index in [0.29, 0.717) is 11.8 Å². The van der Waals surface area contributed by atoms with Crippen molar-refractivity contribution in [1.29, 1.82) is 0 Å². The molecule has 3 heteroatoms. The molecule has 2 nitrogen and oxygen atoms in total. The maximum absolute atomic E-state index is 12.6. The van der Waals surface area contributed by atoms with Crippen LogP contribution >= 0.6 is 0 Å². The summed E-state index contributed by atoms with van der Waals surface area (Å²) >= 11 is 0. The van der Waals surface area contributed by atoms with Crippen molar-refractivity contribution in [2.24, 2.45) is 11.1 Å². The molecule has 0 unspecified atom stereocenters. The van der Waals surface area contributed by atoms with Crippen LogP contribution in [-0.2, 0) is 0 Å². The molecule has 1 aromatic rings. The number of hydrogen-bond acceptors (Lipinski definition) is 2. The Balaban J connectivity index is 2.10. The Morgan fingerprint density at radius 3 is 2.64 bits per heavy atom. The van der Waals surface area contributed by atoms with Crippen LogP contribution < -0.4 is 0 Å². The highest BCUT2D eigenvalue weighted by Gasteiger charge is 2.40. The number of halogens is 1. The smallest absolute Gasteiger partial charge is 0.123 e. The summed E-state index contributed by atoms with van der Waals surface area (Å²) in [5, 5.41) is 11.8. The third-order valence-electron chi connectivity index (χ3n) is 2.78. The quantitative estimate of drug-likeness (QED) is 0.437. The van der Waals surface area contributed by atoms with Crippen molar-refractivity contribution < 1.29 is 9.60 Å². The largest absolute Gasteiger partial charge is 0.411 e. The van der Waals surface area contributed by atoms with Gasteiger partial charge in [0.1, 0.15) is 5.82 Å². The number of nitrogens with zero attached hydrogens (tertiary/aromatic N) is 1. The first kappa shape index (κ1) is 9.19. The third kappa shape index (κ3) is 1.62. The average molecular weight is 193 g/mol. The van der Waals surface area contributed by atoms with Crippen LogP contribution in [0.25, 0.3) is 0 Å². The van der Waals surface area contributed by atoms with Crippen molar-refractivity contribution in [1.82, 2.24) is 0 Å². The summed E-state index contributed by atoms with van der Waals surface area (Å²) < 4.78 is 12.6. The average Bonchev–Trinajstić information content (AvgIpc) is 2.98. The number of rotatable bonds is 2. The highest BCUT2D eigenvalue weighted by molar-refractivity contribution is 5.87. The fourth-order valence-electron chi connectivity index (χ4n) is 1.81. The summed E-state index contributed by atoms with van der Waals surface area (Å²) in [4.78, 5) is 0. The van der Waals surface area contributed by atoms with Crippen LogP contribution in [0.2, 0.25) is 0 Å². The van der Waals surface area contributed by atoms with Crippen LogP contribution in [0.5, 0.6) is 0 Å². The molecule has 1 saturated carbocycles. The lowest BCUT2D eigenvalue weighted by Gasteiger charge is -1.98. The van der Waals surface area contributed by atoms with E-state index >= 15 is 0 Å². The lowest BCUT2D eigenvalue weighted by molar-refractivity contribution is 0.316. The molecule has 2 atom stereocenters. The van der Waals surface area contributed by atoms with E-state index in [4.69, 9.17) is 5.21 Å². The Bertz CT molecular complexity index is 358. The molecular formula is C11H12FNO. The predicted molar refractivity (Wildman–Crippen MR) is 52.1 cm³/mol. The highest BCUT2D eigenvalue weighted by Crippen LogP contribution is 2.48. The Morgan fingerprint density at radius 1 is 1.43 bits per heavy atom. The lowest BCUT2D eigenvalue weighted by atomic mass is 10.1. The van der Waals surface area contributed by atoms with Gasteiger partial charge in [-0.15, -0.1) is 0 Å². The minimum Gasteiger partial charge on any atom is -0.411 e. The van der Waals surface area contributed by atoms with Crippen LogP contribution in [0, 0.1) is 11.7 Å². The molecule has 74 valence electrons. The van der Waals surface area contributed by atoms with Crippen LogP contribution in [-0.4, -0.2) is 10.9 Å². The Hall–Kier alpha value is -1.38. The molecule has 0 radical (unpaired) electrons. The van der Waals surface area contributed by atoms with Gasteiger partial charge in [0.25, 0.3) is 0 Å². The summed E-state index contributed by atoms with van der Waals surface area (Å²) in [5.74, 6) is 0.537. The van der Waals surface area contributed by atoms with E-state index in [1.165, 1.54) is 12.1 Å². The SMILES string of the molecule is CC(=NO)[C@H]1C[C@@H]1c1ccc(F)cc1. The van der Waals surface area contributed by atoms with Crippen LogP contribution in [0.15, 0.2) is 29.4 Å². The minimum absolute atomic E-state index is 0.210. The first-order valence-electron chi connectivity index (χ1n) is 4.66. The summed E-state index contributed by atoms with van der Waals surface area (Å²) in [6.07, 6.45) is 1.00. The maximum atomic E-state index is 12.6. The molecule has 0 spiro atoms. The van der Waals surface area contributed by atoms with Crippen molar-refractivity contribution >= 4 is 5.71 Å². The van der Waals surface area contributed by atoms with E-state index in [9.17, 15) is 4.39 Å². The fourth-order valence-corrected chi connectivity index (χ4v) is 1.81. The van der Waals surface area contributed by atoms with Crippen molar-refractivity contribution in [3.8, 4) is 0 Å². The van der Waals surface area contributed by atoms with Gasteiger partial charge in [-0.05, 0) is 37.0 Å². The van der Waals surface area contributed by atoms with E-state index in [1.807, 2.05) is 6.92 Å². The Kier molecular flexibility index (Phi) is 2.23. The molecule has 0 heterocycles. The van der Waals surface area contributed by atoms with Gasteiger partial charge in [-0.25, -0.2) is 4.39 Å². The van der Waals surface area contributed by atoms with Gasteiger partial charge >= 0.3 is 0 Å². The molecule has 1 fully saturated rings. The predicted octanol–water partition coefficient (Wildman–Crippen LogP) is 2.78. The van der Waals surface area contributed by atoms with Gasteiger partial charge in [-0.2, -0.15) is 0 Å². The van der Waals surface area contributed by atoms with Gasteiger partial charge in [0, 0.05) is 5.92 Å². The summed E-state index contributed by atoms with van der Waals surface area (Å²) in [6.45, 7) is 1.81. The normalized spacial score (nSPS) is 26.3. The Labute approximate surface area is 82.1 Å². The first-order valence-corrected chi connectivity index (χ1v) is 4.66. The topological polar surface area (TPSA) is 32.6 Å². The maximum Gasteiger partial charge on any atom is 0.123 e.